The van der Waals surface area contributed by atoms with Gasteiger partial charge in [0.05, 0.1) is 18.2 Å². The third-order valence-electron chi connectivity index (χ3n) is 3.43. The summed E-state index contributed by atoms with van der Waals surface area (Å²) >= 11 is 0. The Labute approximate surface area is 137 Å². The fourth-order valence-electron chi connectivity index (χ4n) is 2.42. The highest BCUT2D eigenvalue weighted by molar-refractivity contribution is 5.85. The average Bonchev–Trinajstić information content (AvgIpc) is 2.44. The summed E-state index contributed by atoms with van der Waals surface area (Å²) < 4.78 is 5.72. The molecule has 0 spiro atoms. The zero-order valence-corrected chi connectivity index (χ0v) is 14.1. The lowest BCUT2D eigenvalue weighted by molar-refractivity contribution is -0.122. The van der Waals surface area contributed by atoms with Gasteiger partial charge in [0, 0.05) is 25.8 Å². The Morgan fingerprint density at radius 3 is 2.59 bits per heavy atom. The van der Waals surface area contributed by atoms with Crippen LogP contribution in [-0.4, -0.2) is 42.2 Å². The molecule has 3 N–H and O–H groups in total. The van der Waals surface area contributed by atoms with Gasteiger partial charge in [-0.1, -0.05) is 6.07 Å². The van der Waals surface area contributed by atoms with Crippen LogP contribution >= 0.6 is 12.4 Å². The molecular formula is C15H25ClN4O2. The van der Waals surface area contributed by atoms with Crippen LogP contribution in [0.4, 0.5) is 5.82 Å². The van der Waals surface area contributed by atoms with E-state index in [1.807, 2.05) is 12.1 Å². The summed E-state index contributed by atoms with van der Waals surface area (Å²) in [6.07, 6.45) is 2.21. The van der Waals surface area contributed by atoms with Crippen molar-refractivity contribution in [1.82, 2.24) is 10.3 Å². The molecule has 3 unspecified atom stereocenters. The van der Waals surface area contributed by atoms with Crippen molar-refractivity contribution in [2.45, 2.75) is 45.6 Å². The zero-order valence-electron chi connectivity index (χ0n) is 13.3. The van der Waals surface area contributed by atoms with Gasteiger partial charge in [-0.2, -0.15) is 0 Å². The first kappa shape index (κ1) is 18.7. The third-order valence-corrected chi connectivity index (χ3v) is 3.43. The van der Waals surface area contributed by atoms with Gasteiger partial charge in [0.15, 0.2) is 0 Å². The van der Waals surface area contributed by atoms with E-state index >= 15 is 0 Å². The Morgan fingerprint density at radius 2 is 2.09 bits per heavy atom. The standard InChI is InChI=1S/C15H24N4O2.ClH/c1-10-8-19(9-11(2)21-10)14-5-4-13(6-17-14)7-18-15(20)12(3)16;/h4-6,10-12H,7-9,16H2,1-3H3,(H,18,20);1H. The molecule has 124 valence electrons. The van der Waals surface area contributed by atoms with Gasteiger partial charge in [0.25, 0.3) is 0 Å². The molecule has 1 aliphatic heterocycles. The van der Waals surface area contributed by atoms with E-state index in [0.717, 1.165) is 24.5 Å². The fourth-order valence-corrected chi connectivity index (χ4v) is 2.42. The number of hydrogen-bond acceptors (Lipinski definition) is 5. The highest BCUT2D eigenvalue weighted by Gasteiger charge is 2.22. The van der Waals surface area contributed by atoms with Gasteiger partial charge in [-0.25, -0.2) is 4.98 Å². The van der Waals surface area contributed by atoms with E-state index in [1.54, 1.807) is 13.1 Å². The minimum absolute atomic E-state index is 0. The summed E-state index contributed by atoms with van der Waals surface area (Å²) in [5.74, 6) is 0.786. The number of nitrogens with one attached hydrogen (secondary N) is 1. The van der Waals surface area contributed by atoms with Crippen molar-refractivity contribution < 1.29 is 9.53 Å². The first-order chi connectivity index (χ1) is 9.95. The van der Waals surface area contributed by atoms with E-state index in [0.29, 0.717) is 6.54 Å². The second kappa shape index (κ2) is 8.31. The predicted octanol–water partition coefficient (Wildman–Crippen LogP) is 1.08. The molecule has 1 aromatic heterocycles. The average molecular weight is 329 g/mol. The molecule has 1 amide bonds. The number of nitrogens with zero attached hydrogens (tertiary/aromatic N) is 2. The van der Waals surface area contributed by atoms with Crippen LogP contribution in [0.15, 0.2) is 18.3 Å². The maximum Gasteiger partial charge on any atom is 0.236 e. The molecule has 1 saturated heterocycles. The second-order valence-electron chi connectivity index (χ2n) is 5.69. The van der Waals surface area contributed by atoms with E-state index in [9.17, 15) is 4.79 Å². The minimum atomic E-state index is -0.492. The lowest BCUT2D eigenvalue weighted by atomic mass is 10.2. The summed E-state index contributed by atoms with van der Waals surface area (Å²) in [5, 5.41) is 2.77. The summed E-state index contributed by atoms with van der Waals surface area (Å²) in [6, 6.07) is 3.47. The maximum absolute atomic E-state index is 11.4. The molecule has 7 heteroatoms. The fraction of sp³-hybridized carbons (Fsp3) is 0.600. The van der Waals surface area contributed by atoms with E-state index in [1.165, 1.54) is 0 Å². The number of carbonyl (C=O) groups is 1. The van der Waals surface area contributed by atoms with Crippen LogP contribution in [0.1, 0.15) is 26.3 Å². The van der Waals surface area contributed by atoms with Crippen molar-refractivity contribution >= 4 is 24.1 Å². The molecule has 1 fully saturated rings. The molecule has 1 aliphatic rings. The number of ether oxygens (including phenoxy) is 1. The Bertz CT molecular complexity index is 471. The van der Waals surface area contributed by atoms with Crippen molar-refractivity contribution in [1.29, 1.82) is 0 Å². The number of halogens is 1. The quantitative estimate of drug-likeness (QED) is 0.864. The van der Waals surface area contributed by atoms with Gasteiger partial charge in [-0.3, -0.25) is 4.79 Å². The molecular weight excluding hydrogens is 304 g/mol. The maximum atomic E-state index is 11.4. The third kappa shape index (κ3) is 5.12. The van der Waals surface area contributed by atoms with Gasteiger partial charge in [-0.05, 0) is 32.4 Å². The Morgan fingerprint density at radius 1 is 1.45 bits per heavy atom. The number of morpholine rings is 1. The van der Waals surface area contributed by atoms with Gasteiger partial charge >= 0.3 is 0 Å². The molecule has 0 saturated carbocycles. The van der Waals surface area contributed by atoms with Crippen molar-refractivity contribution in [2.24, 2.45) is 5.73 Å². The number of amides is 1. The SMILES string of the molecule is CC1CN(c2ccc(CNC(=O)C(C)N)cn2)CC(C)O1.Cl. The number of anilines is 1. The number of aromatic nitrogens is 1. The Balaban J connectivity index is 0.00000242. The largest absolute Gasteiger partial charge is 0.372 e. The first-order valence-corrected chi connectivity index (χ1v) is 7.34. The lowest BCUT2D eigenvalue weighted by Gasteiger charge is -2.36. The summed E-state index contributed by atoms with van der Waals surface area (Å²) in [5.41, 5.74) is 6.46. The molecule has 6 nitrogen and oxygen atoms in total. The van der Waals surface area contributed by atoms with Crippen molar-refractivity contribution in [3.8, 4) is 0 Å². The zero-order chi connectivity index (χ0) is 15.4. The smallest absolute Gasteiger partial charge is 0.236 e. The van der Waals surface area contributed by atoms with Crippen LogP contribution in [0.2, 0.25) is 0 Å². The molecule has 22 heavy (non-hydrogen) atoms. The molecule has 1 aromatic rings. The molecule has 2 heterocycles. The van der Waals surface area contributed by atoms with Crippen LogP contribution in [0, 0.1) is 0 Å². The Hall–Kier alpha value is -1.37. The van der Waals surface area contributed by atoms with Crippen LogP contribution in [0.3, 0.4) is 0 Å². The first-order valence-electron chi connectivity index (χ1n) is 7.34. The van der Waals surface area contributed by atoms with Crippen molar-refractivity contribution in [2.75, 3.05) is 18.0 Å². The minimum Gasteiger partial charge on any atom is -0.372 e. The molecule has 0 aromatic carbocycles. The molecule has 0 radical (unpaired) electrons. The van der Waals surface area contributed by atoms with Gasteiger partial charge in [-0.15, -0.1) is 12.4 Å². The van der Waals surface area contributed by atoms with E-state index < -0.39 is 6.04 Å². The number of nitrogens with two attached hydrogens (primary N) is 1. The number of pyridine rings is 1. The van der Waals surface area contributed by atoms with Gasteiger partial charge < -0.3 is 20.7 Å². The van der Waals surface area contributed by atoms with Gasteiger partial charge in [0.2, 0.25) is 5.91 Å². The molecule has 3 atom stereocenters. The van der Waals surface area contributed by atoms with Crippen LogP contribution < -0.4 is 16.0 Å². The summed E-state index contributed by atoms with van der Waals surface area (Å²) in [4.78, 5) is 18.1. The predicted molar refractivity (Wildman–Crippen MR) is 89.2 cm³/mol. The highest BCUT2D eigenvalue weighted by atomic mass is 35.5. The normalized spacial score (nSPS) is 22.6. The van der Waals surface area contributed by atoms with Crippen molar-refractivity contribution in [3.63, 3.8) is 0 Å². The molecule has 0 aliphatic carbocycles. The second-order valence-corrected chi connectivity index (χ2v) is 5.69. The van der Waals surface area contributed by atoms with Crippen LogP contribution in [-0.2, 0) is 16.1 Å². The van der Waals surface area contributed by atoms with Crippen molar-refractivity contribution in [3.05, 3.63) is 23.9 Å². The number of carbonyl (C=O) groups excluding carboxylic acids is 1. The summed E-state index contributed by atoms with van der Waals surface area (Å²) in [6.45, 7) is 7.94. The summed E-state index contributed by atoms with van der Waals surface area (Å²) in [7, 11) is 0. The van der Waals surface area contributed by atoms with E-state index in [2.05, 4.69) is 29.0 Å². The monoisotopic (exact) mass is 328 g/mol. The van der Waals surface area contributed by atoms with Gasteiger partial charge in [0.1, 0.15) is 5.82 Å². The lowest BCUT2D eigenvalue weighted by Crippen LogP contribution is -2.45. The number of hydrogen-bond donors (Lipinski definition) is 2. The molecule has 0 bridgehead atoms. The van der Waals surface area contributed by atoms with Crippen LogP contribution in [0.25, 0.3) is 0 Å². The van der Waals surface area contributed by atoms with E-state index in [4.69, 9.17) is 10.5 Å². The highest BCUT2D eigenvalue weighted by Crippen LogP contribution is 2.18. The number of rotatable bonds is 4. The van der Waals surface area contributed by atoms with E-state index in [-0.39, 0.29) is 30.5 Å². The topological polar surface area (TPSA) is 80.5 Å². The Kier molecular flexibility index (Phi) is 7.06. The molecule has 2 rings (SSSR count). The van der Waals surface area contributed by atoms with Crippen LogP contribution in [0.5, 0.6) is 0 Å².